The summed E-state index contributed by atoms with van der Waals surface area (Å²) < 4.78 is 0. The number of aromatic nitrogens is 2. The fourth-order valence-electron chi connectivity index (χ4n) is 1.54. The summed E-state index contributed by atoms with van der Waals surface area (Å²) in [7, 11) is 0. The summed E-state index contributed by atoms with van der Waals surface area (Å²) in [6.45, 7) is 5.85. The molecule has 0 saturated carbocycles. The van der Waals surface area contributed by atoms with Crippen LogP contribution in [0.3, 0.4) is 0 Å². The first-order valence-electron chi connectivity index (χ1n) is 5.54. The Labute approximate surface area is 98.7 Å². The van der Waals surface area contributed by atoms with Crippen molar-refractivity contribution in [2.75, 3.05) is 18.4 Å². The summed E-state index contributed by atoms with van der Waals surface area (Å²) in [5.74, 6) is 0.541. The summed E-state index contributed by atoms with van der Waals surface area (Å²) in [4.78, 5) is 11.8. The van der Waals surface area contributed by atoms with Gasteiger partial charge in [-0.05, 0) is 25.4 Å². The maximum absolute atomic E-state index is 11.8. The van der Waals surface area contributed by atoms with Crippen LogP contribution in [0.15, 0.2) is 0 Å². The molecule has 1 saturated heterocycles. The van der Waals surface area contributed by atoms with Crippen molar-refractivity contribution in [1.29, 1.82) is 0 Å². The summed E-state index contributed by atoms with van der Waals surface area (Å²) >= 11 is 1.45. The molecule has 5 nitrogen and oxygen atoms in total. The zero-order valence-electron chi connectivity index (χ0n) is 9.49. The molecule has 0 bridgehead atoms. The molecular weight excluding hydrogens is 224 g/mol. The van der Waals surface area contributed by atoms with Gasteiger partial charge in [0.2, 0.25) is 11.0 Å². The van der Waals surface area contributed by atoms with E-state index in [0.29, 0.717) is 11.0 Å². The maximum Gasteiger partial charge on any atom is 0.229 e. The fourth-order valence-corrected chi connectivity index (χ4v) is 2.23. The lowest BCUT2D eigenvalue weighted by atomic mass is 9.88. The van der Waals surface area contributed by atoms with Crippen molar-refractivity contribution >= 4 is 22.4 Å². The van der Waals surface area contributed by atoms with Crippen molar-refractivity contribution < 1.29 is 4.79 Å². The van der Waals surface area contributed by atoms with Gasteiger partial charge < -0.3 is 10.6 Å². The quantitative estimate of drug-likeness (QED) is 0.820. The Morgan fingerprint density at radius 2 is 2.38 bits per heavy atom. The number of aryl methyl sites for hydroxylation is 1. The van der Waals surface area contributed by atoms with Crippen LogP contribution in [-0.4, -0.2) is 29.2 Å². The smallest absolute Gasteiger partial charge is 0.229 e. The molecule has 88 valence electrons. The molecule has 0 aromatic carbocycles. The van der Waals surface area contributed by atoms with Crippen LogP contribution in [0.25, 0.3) is 0 Å². The van der Waals surface area contributed by atoms with Gasteiger partial charge in [0.15, 0.2) is 0 Å². The van der Waals surface area contributed by atoms with E-state index in [0.717, 1.165) is 24.5 Å². The lowest BCUT2D eigenvalue weighted by molar-refractivity contribution is -0.121. The van der Waals surface area contributed by atoms with Crippen molar-refractivity contribution in [3.8, 4) is 0 Å². The van der Waals surface area contributed by atoms with Crippen LogP contribution < -0.4 is 10.6 Å². The summed E-state index contributed by atoms with van der Waals surface area (Å²) in [6.07, 6.45) is 0.857. The molecule has 0 aliphatic carbocycles. The third-order valence-corrected chi connectivity index (χ3v) is 3.92. The number of carbonyl (C=O) groups is 1. The molecule has 16 heavy (non-hydrogen) atoms. The molecule has 1 fully saturated rings. The van der Waals surface area contributed by atoms with Gasteiger partial charge in [-0.1, -0.05) is 25.2 Å². The van der Waals surface area contributed by atoms with E-state index in [-0.39, 0.29) is 11.8 Å². The minimum atomic E-state index is 0.0372. The first kappa shape index (κ1) is 11.5. The van der Waals surface area contributed by atoms with E-state index < -0.39 is 0 Å². The number of anilines is 1. The van der Waals surface area contributed by atoms with Gasteiger partial charge in [-0.3, -0.25) is 4.79 Å². The first-order valence-corrected chi connectivity index (χ1v) is 6.36. The molecule has 1 aromatic rings. The molecule has 2 N–H and O–H groups in total. The Bertz CT molecular complexity index is 375. The number of nitrogens with zero attached hydrogens (tertiary/aromatic N) is 2. The van der Waals surface area contributed by atoms with Crippen molar-refractivity contribution in [2.24, 2.45) is 11.8 Å². The van der Waals surface area contributed by atoms with E-state index in [1.807, 2.05) is 13.8 Å². The van der Waals surface area contributed by atoms with Crippen LogP contribution in [0, 0.1) is 11.8 Å². The zero-order valence-corrected chi connectivity index (χ0v) is 10.3. The molecule has 1 amide bonds. The van der Waals surface area contributed by atoms with E-state index in [9.17, 15) is 4.79 Å². The van der Waals surface area contributed by atoms with Crippen LogP contribution in [0.5, 0.6) is 0 Å². The summed E-state index contributed by atoms with van der Waals surface area (Å²) in [5.41, 5.74) is 0. The number of hydrogen-bond acceptors (Lipinski definition) is 5. The Balaban J connectivity index is 1.90. The largest absolute Gasteiger partial charge is 0.316 e. The number of amides is 1. The van der Waals surface area contributed by atoms with Crippen LogP contribution in [0.1, 0.15) is 18.9 Å². The molecule has 0 spiro atoms. The number of carbonyl (C=O) groups excluding carboxylic acids is 1. The highest BCUT2D eigenvalue weighted by molar-refractivity contribution is 7.15. The van der Waals surface area contributed by atoms with Crippen LogP contribution >= 0.6 is 11.3 Å². The molecule has 1 aliphatic rings. The monoisotopic (exact) mass is 240 g/mol. The normalized spacial score (nSPS) is 17.9. The topological polar surface area (TPSA) is 66.9 Å². The van der Waals surface area contributed by atoms with E-state index in [1.165, 1.54) is 11.3 Å². The van der Waals surface area contributed by atoms with Crippen molar-refractivity contribution in [3.63, 3.8) is 0 Å². The Morgan fingerprint density at radius 3 is 2.88 bits per heavy atom. The third-order valence-electron chi connectivity index (χ3n) is 2.93. The second kappa shape index (κ2) is 4.88. The van der Waals surface area contributed by atoms with Crippen molar-refractivity contribution in [3.05, 3.63) is 5.01 Å². The van der Waals surface area contributed by atoms with Crippen LogP contribution in [0.4, 0.5) is 5.13 Å². The number of hydrogen-bond donors (Lipinski definition) is 2. The average Bonchev–Trinajstić information content (AvgIpc) is 2.62. The SMILES string of the molecule is CCc1nnc(NC(=O)C(C)C2CNC2)s1. The van der Waals surface area contributed by atoms with Gasteiger partial charge in [0, 0.05) is 5.92 Å². The molecule has 2 heterocycles. The molecule has 1 unspecified atom stereocenters. The molecule has 1 aliphatic heterocycles. The molecule has 2 rings (SSSR count). The molecule has 1 aromatic heterocycles. The fraction of sp³-hybridized carbons (Fsp3) is 0.700. The second-order valence-corrected chi connectivity index (χ2v) is 5.11. The minimum Gasteiger partial charge on any atom is -0.316 e. The number of rotatable bonds is 4. The van der Waals surface area contributed by atoms with E-state index >= 15 is 0 Å². The lowest BCUT2D eigenvalue weighted by Crippen LogP contribution is -2.48. The predicted octanol–water partition coefficient (Wildman–Crippen LogP) is 0.894. The number of nitrogens with one attached hydrogen (secondary N) is 2. The van der Waals surface area contributed by atoms with Crippen molar-refractivity contribution in [1.82, 2.24) is 15.5 Å². The Kier molecular flexibility index (Phi) is 3.50. The van der Waals surface area contributed by atoms with Gasteiger partial charge in [0.05, 0.1) is 0 Å². The average molecular weight is 240 g/mol. The summed E-state index contributed by atoms with van der Waals surface area (Å²) in [6, 6.07) is 0. The van der Waals surface area contributed by atoms with Gasteiger partial charge >= 0.3 is 0 Å². The summed E-state index contributed by atoms with van der Waals surface area (Å²) in [5, 5.41) is 15.5. The zero-order chi connectivity index (χ0) is 11.5. The highest BCUT2D eigenvalue weighted by Crippen LogP contribution is 2.20. The highest BCUT2D eigenvalue weighted by Gasteiger charge is 2.29. The molecule has 1 atom stereocenters. The first-order chi connectivity index (χ1) is 7.70. The molecular formula is C10H16N4OS. The van der Waals surface area contributed by atoms with Gasteiger partial charge in [-0.25, -0.2) is 0 Å². The standard InChI is InChI=1S/C10H16N4OS/c1-3-8-13-14-10(16-8)12-9(15)6(2)7-4-11-5-7/h6-7,11H,3-5H2,1-2H3,(H,12,14,15). The predicted molar refractivity (Wildman–Crippen MR) is 63.4 cm³/mol. The van der Waals surface area contributed by atoms with Gasteiger partial charge in [-0.2, -0.15) is 0 Å². The minimum absolute atomic E-state index is 0.0372. The van der Waals surface area contributed by atoms with Gasteiger partial charge in [0.25, 0.3) is 0 Å². The lowest BCUT2D eigenvalue weighted by Gasteiger charge is -2.31. The van der Waals surface area contributed by atoms with Crippen LogP contribution in [0.2, 0.25) is 0 Å². The maximum atomic E-state index is 11.8. The third kappa shape index (κ3) is 2.38. The Hall–Kier alpha value is -1.01. The Morgan fingerprint density at radius 1 is 1.62 bits per heavy atom. The van der Waals surface area contributed by atoms with Crippen molar-refractivity contribution in [2.45, 2.75) is 20.3 Å². The van der Waals surface area contributed by atoms with Gasteiger partial charge in [-0.15, -0.1) is 10.2 Å². The van der Waals surface area contributed by atoms with Crippen LogP contribution in [-0.2, 0) is 11.2 Å². The van der Waals surface area contributed by atoms with E-state index in [1.54, 1.807) is 0 Å². The van der Waals surface area contributed by atoms with E-state index in [2.05, 4.69) is 20.8 Å². The second-order valence-electron chi connectivity index (χ2n) is 4.05. The molecule has 0 radical (unpaired) electrons. The molecule has 6 heteroatoms. The highest BCUT2D eigenvalue weighted by atomic mass is 32.1. The van der Waals surface area contributed by atoms with E-state index in [4.69, 9.17) is 0 Å². The van der Waals surface area contributed by atoms with Gasteiger partial charge in [0.1, 0.15) is 5.01 Å².